The van der Waals surface area contributed by atoms with Crippen molar-refractivity contribution in [2.24, 2.45) is 0 Å². The van der Waals surface area contributed by atoms with Gasteiger partial charge >= 0.3 is 0 Å². The van der Waals surface area contributed by atoms with E-state index >= 15 is 0 Å². The highest BCUT2D eigenvalue weighted by atomic mass is 32.2. The summed E-state index contributed by atoms with van der Waals surface area (Å²) in [6.45, 7) is 7.50. The molecule has 1 saturated heterocycles. The molecule has 3 heterocycles. The molecule has 9 heteroatoms. The van der Waals surface area contributed by atoms with Crippen LogP contribution in [0.25, 0.3) is 5.69 Å². The van der Waals surface area contributed by atoms with Crippen LogP contribution in [0.4, 0.5) is 0 Å². The van der Waals surface area contributed by atoms with E-state index in [0.29, 0.717) is 5.75 Å². The maximum Gasteiger partial charge on any atom is 0.195 e. The molecular formula is C23H30N6OS2. The summed E-state index contributed by atoms with van der Waals surface area (Å²) in [6.07, 6.45) is 3.99. The number of ether oxygens (including phenoxy) is 1. The van der Waals surface area contributed by atoms with Crippen LogP contribution >= 0.6 is 23.5 Å². The van der Waals surface area contributed by atoms with Gasteiger partial charge in [0.1, 0.15) is 11.6 Å². The molecule has 170 valence electrons. The number of piperidine rings is 1. The predicted octanol–water partition coefficient (Wildman–Crippen LogP) is 4.55. The molecule has 0 aliphatic carbocycles. The van der Waals surface area contributed by atoms with E-state index in [9.17, 15) is 0 Å². The van der Waals surface area contributed by atoms with Crippen LogP contribution in [0.2, 0.25) is 0 Å². The van der Waals surface area contributed by atoms with E-state index in [1.54, 1.807) is 30.6 Å². The Morgan fingerprint density at radius 1 is 0.938 bits per heavy atom. The molecule has 0 saturated carbocycles. The molecule has 0 unspecified atom stereocenters. The van der Waals surface area contributed by atoms with E-state index < -0.39 is 0 Å². The number of thioether (sulfide) groups is 2. The zero-order chi connectivity index (χ0) is 22.3. The first-order chi connectivity index (χ1) is 15.6. The fraction of sp³-hybridized carbons (Fsp3) is 0.478. The Morgan fingerprint density at radius 2 is 1.66 bits per heavy atom. The SMILES string of the molecule is COc1ccc(-n2c(CSc3nc(C)cc(C)n3)nnc2SCCN2CCCCC2)cc1. The molecule has 32 heavy (non-hydrogen) atoms. The summed E-state index contributed by atoms with van der Waals surface area (Å²) in [5.74, 6) is 3.38. The number of hydrogen-bond donors (Lipinski definition) is 0. The van der Waals surface area contributed by atoms with E-state index in [-0.39, 0.29) is 0 Å². The van der Waals surface area contributed by atoms with Crippen molar-refractivity contribution in [3.63, 3.8) is 0 Å². The van der Waals surface area contributed by atoms with E-state index in [0.717, 1.165) is 51.3 Å². The highest BCUT2D eigenvalue weighted by molar-refractivity contribution is 7.99. The van der Waals surface area contributed by atoms with Crippen LogP contribution < -0.4 is 4.74 Å². The van der Waals surface area contributed by atoms with Gasteiger partial charge in [-0.2, -0.15) is 0 Å². The fourth-order valence-electron chi connectivity index (χ4n) is 3.81. The zero-order valence-electron chi connectivity index (χ0n) is 19.0. The quantitative estimate of drug-likeness (QED) is 0.333. The van der Waals surface area contributed by atoms with Crippen molar-refractivity contribution in [1.82, 2.24) is 29.6 Å². The normalized spacial score (nSPS) is 14.6. The molecule has 1 aliphatic heterocycles. The molecule has 0 bridgehead atoms. The molecule has 0 amide bonds. The molecule has 1 aliphatic rings. The fourth-order valence-corrected chi connectivity index (χ4v) is 5.65. The average molecular weight is 471 g/mol. The van der Waals surface area contributed by atoms with Gasteiger partial charge in [0.15, 0.2) is 10.3 Å². The van der Waals surface area contributed by atoms with Gasteiger partial charge in [0.25, 0.3) is 0 Å². The van der Waals surface area contributed by atoms with Crippen LogP contribution in [0.1, 0.15) is 36.5 Å². The van der Waals surface area contributed by atoms with Crippen LogP contribution in [-0.4, -0.2) is 62.1 Å². The van der Waals surface area contributed by atoms with Gasteiger partial charge in [-0.3, -0.25) is 4.57 Å². The second-order valence-corrected chi connectivity index (χ2v) is 9.91. The summed E-state index contributed by atoms with van der Waals surface area (Å²) < 4.78 is 7.48. The van der Waals surface area contributed by atoms with Crippen molar-refractivity contribution in [2.75, 3.05) is 32.5 Å². The Morgan fingerprint density at radius 3 is 2.34 bits per heavy atom. The van der Waals surface area contributed by atoms with Gasteiger partial charge in [-0.1, -0.05) is 29.9 Å². The monoisotopic (exact) mass is 470 g/mol. The standard InChI is InChI=1S/C23H30N6OS2/c1-17-15-18(2)25-22(24-17)32-16-21-26-27-23(31-14-13-28-11-5-4-6-12-28)29(21)19-7-9-20(30-3)10-8-19/h7-10,15H,4-6,11-14,16H2,1-3H3. The van der Waals surface area contributed by atoms with Gasteiger partial charge in [0, 0.05) is 29.4 Å². The molecule has 2 aromatic heterocycles. The number of hydrogen-bond acceptors (Lipinski definition) is 8. The van der Waals surface area contributed by atoms with Crippen molar-refractivity contribution in [3.05, 3.63) is 47.5 Å². The Hall–Kier alpha value is -2.10. The summed E-state index contributed by atoms with van der Waals surface area (Å²) in [5, 5.41) is 10.8. The van der Waals surface area contributed by atoms with Crippen LogP contribution in [0, 0.1) is 13.8 Å². The van der Waals surface area contributed by atoms with Crippen molar-refractivity contribution >= 4 is 23.5 Å². The minimum Gasteiger partial charge on any atom is -0.497 e. The predicted molar refractivity (Wildman–Crippen MR) is 130 cm³/mol. The molecule has 0 N–H and O–H groups in total. The second kappa shape index (κ2) is 11.2. The first-order valence-corrected chi connectivity index (χ1v) is 13.0. The lowest BCUT2D eigenvalue weighted by molar-refractivity contribution is 0.242. The van der Waals surface area contributed by atoms with E-state index in [2.05, 4.69) is 41.8 Å². The minimum atomic E-state index is 0.647. The van der Waals surface area contributed by atoms with Crippen LogP contribution in [0.15, 0.2) is 40.6 Å². The third-order valence-electron chi connectivity index (χ3n) is 5.41. The number of nitrogens with zero attached hydrogens (tertiary/aromatic N) is 6. The molecule has 4 rings (SSSR count). The van der Waals surface area contributed by atoms with Gasteiger partial charge in [0.2, 0.25) is 0 Å². The lowest BCUT2D eigenvalue weighted by atomic mass is 10.1. The number of aryl methyl sites for hydroxylation is 2. The average Bonchev–Trinajstić information content (AvgIpc) is 3.20. The molecule has 7 nitrogen and oxygen atoms in total. The lowest BCUT2D eigenvalue weighted by Gasteiger charge is -2.25. The van der Waals surface area contributed by atoms with Gasteiger partial charge in [-0.15, -0.1) is 10.2 Å². The number of likely N-dealkylation sites (tertiary alicyclic amines) is 1. The van der Waals surface area contributed by atoms with E-state index in [1.807, 2.05) is 32.0 Å². The smallest absolute Gasteiger partial charge is 0.195 e. The Balaban J connectivity index is 1.51. The molecule has 0 radical (unpaired) electrons. The largest absolute Gasteiger partial charge is 0.497 e. The molecular weight excluding hydrogens is 440 g/mol. The second-order valence-electron chi connectivity index (χ2n) is 7.90. The van der Waals surface area contributed by atoms with Crippen molar-refractivity contribution < 1.29 is 4.74 Å². The summed E-state index contributed by atoms with van der Waals surface area (Å²) in [5.41, 5.74) is 2.99. The van der Waals surface area contributed by atoms with Gasteiger partial charge < -0.3 is 9.64 Å². The number of rotatable bonds is 9. The molecule has 1 fully saturated rings. The molecule has 0 spiro atoms. The molecule has 3 aromatic rings. The van der Waals surface area contributed by atoms with Gasteiger partial charge in [-0.25, -0.2) is 9.97 Å². The summed E-state index contributed by atoms with van der Waals surface area (Å²) in [6, 6.07) is 10.0. The maximum absolute atomic E-state index is 5.33. The maximum atomic E-state index is 5.33. The highest BCUT2D eigenvalue weighted by Gasteiger charge is 2.17. The first-order valence-electron chi connectivity index (χ1n) is 11.0. The highest BCUT2D eigenvalue weighted by Crippen LogP contribution is 2.27. The topological polar surface area (TPSA) is 69.0 Å². The Kier molecular flexibility index (Phi) is 8.05. The Bertz CT molecular complexity index is 998. The number of benzene rings is 1. The van der Waals surface area contributed by atoms with Crippen molar-refractivity contribution in [1.29, 1.82) is 0 Å². The van der Waals surface area contributed by atoms with E-state index in [4.69, 9.17) is 4.74 Å². The third-order valence-corrected chi connectivity index (χ3v) is 7.16. The van der Waals surface area contributed by atoms with Crippen molar-refractivity contribution in [3.8, 4) is 11.4 Å². The van der Waals surface area contributed by atoms with Crippen LogP contribution in [0.3, 0.4) is 0 Å². The molecule has 0 atom stereocenters. The Labute approximate surface area is 198 Å². The summed E-state index contributed by atoms with van der Waals surface area (Å²) in [4.78, 5) is 11.7. The van der Waals surface area contributed by atoms with Gasteiger partial charge in [0.05, 0.1) is 12.9 Å². The van der Waals surface area contributed by atoms with E-state index in [1.165, 1.54) is 32.4 Å². The third kappa shape index (κ3) is 6.02. The van der Waals surface area contributed by atoms with Crippen molar-refractivity contribution in [2.45, 2.75) is 49.2 Å². The summed E-state index contributed by atoms with van der Waals surface area (Å²) >= 11 is 3.36. The minimum absolute atomic E-state index is 0.647. The number of aromatic nitrogens is 5. The zero-order valence-corrected chi connectivity index (χ0v) is 20.6. The summed E-state index contributed by atoms with van der Waals surface area (Å²) in [7, 11) is 1.68. The first kappa shape index (κ1) is 23.1. The van der Waals surface area contributed by atoms with Crippen LogP contribution in [0.5, 0.6) is 5.75 Å². The van der Waals surface area contributed by atoms with Crippen LogP contribution in [-0.2, 0) is 5.75 Å². The molecule has 1 aromatic carbocycles. The van der Waals surface area contributed by atoms with Gasteiger partial charge in [-0.05, 0) is 70.1 Å². The number of methoxy groups -OCH3 is 1. The lowest BCUT2D eigenvalue weighted by Crippen LogP contribution is -2.31.